The molecule has 0 atom stereocenters. The van der Waals surface area contributed by atoms with E-state index in [1.165, 1.54) is 0 Å². The number of hydrogen-bond acceptors (Lipinski definition) is 4. The molecule has 0 spiro atoms. The first-order chi connectivity index (χ1) is 12.1. The van der Waals surface area contributed by atoms with Crippen LogP contribution in [-0.2, 0) is 6.61 Å². The van der Waals surface area contributed by atoms with Gasteiger partial charge in [-0.25, -0.2) is 4.98 Å². The molecule has 1 heterocycles. The van der Waals surface area contributed by atoms with E-state index in [1.807, 2.05) is 73.4 Å². The van der Waals surface area contributed by atoms with E-state index in [0.29, 0.717) is 11.6 Å². The van der Waals surface area contributed by atoms with Crippen molar-refractivity contribution in [2.45, 2.75) is 6.61 Å². The second-order valence-electron chi connectivity index (χ2n) is 5.65. The molecule has 0 saturated carbocycles. The van der Waals surface area contributed by atoms with E-state index in [9.17, 15) is 0 Å². The Balaban J connectivity index is 1.90. The van der Waals surface area contributed by atoms with Gasteiger partial charge in [-0.15, -0.1) is 0 Å². The van der Waals surface area contributed by atoms with E-state index in [-0.39, 0.29) is 0 Å². The summed E-state index contributed by atoms with van der Waals surface area (Å²) in [7, 11) is 3.77. The van der Waals surface area contributed by atoms with Crippen LogP contribution in [0.4, 0.5) is 0 Å². The Labute approximate surface area is 152 Å². The number of hydrazone groups is 1. The lowest BCUT2D eigenvalue weighted by Gasteiger charge is -2.16. The average Bonchev–Trinajstić information content (AvgIpc) is 3.14. The molecule has 0 bridgehead atoms. The minimum atomic E-state index is 0.452. The van der Waals surface area contributed by atoms with Crippen LogP contribution in [0.15, 0.2) is 72.4 Å². The topological polar surface area (TPSA) is 42.6 Å². The van der Waals surface area contributed by atoms with Gasteiger partial charge in [-0.05, 0) is 29.8 Å². The van der Waals surface area contributed by atoms with E-state index in [2.05, 4.69) is 10.1 Å². The molecule has 3 rings (SSSR count). The summed E-state index contributed by atoms with van der Waals surface area (Å²) in [6.45, 7) is 0.452. The van der Waals surface area contributed by atoms with Gasteiger partial charge in [0.2, 0.25) is 0 Å². The summed E-state index contributed by atoms with van der Waals surface area (Å²) >= 11 is 5.93. The predicted octanol–water partition coefficient (Wildman–Crippen LogP) is 3.89. The lowest BCUT2D eigenvalue weighted by molar-refractivity contribution is 0.305. The Hall–Kier alpha value is -2.79. The minimum Gasteiger partial charge on any atom is -0.488 e. The molecular weight excluding hydrogens is 336 g/mol. The first-order valence-electron chi connectivity index (χ1n) is 7.84. The molecular formula is C19H19ClN4O. The number of aromatic nitrogens is 2. The normalized spacial score (nSPS) is 11.4. The van der Waals surface area contributed by atoms with Crippen molar-refractivity contribution in [2.24, 2.45) is 5.10 Å². The van der Waals surface area contributed by atoms with E-state index < -0.39 is 0 Å². The van der Waals surface area contributed by atoms with Gasteiger partial charge in [-0.1, -0.05) is 35.9 Å². The smallest absolute Gasteiger partial charge is 0.168 e. The molecule has 0 aliphatic heterocycles. The van der Waals surface area contributed by atoms with Crippen LogP contribution in [0, 0.1) is 0 Å². The quantitative estimate of drug-likeness (QED) is 0.396. The fraction of sp³-hybridized carbons (Fsp3) is 0.158. The Kier molecular flexibility index (Phi) is 5.36. The Morgan fingerprint density at radius 1 is 1.16 bits per heavy atom. The molecule has 128 valence electrons. The number of rotatable bonds is 5. The molecule has 2 aromatic carbocycles. The third-order valence-corrected chi connectivity index (χ3v) is 3.73. The number of halogens is 1. The van der Waals surface area contributed by atoms with E-state index >= 15 is 0 Å². The standard InChI is InChI=1S/C19H19ClN4O/c1-23(2)22-19(24-12-11-21-14-24)17-5-3-4-6-18(17)25-13-15-7-9-16(20)10-8-15/h3-12,14H,13H2,1-2H3/b22-19+. The van der Waals surface area contributed by atoms with Crippen LogP contribution in [0.25, 0.3) is 0 Å². The molecule has 0 fully saturated rings. The molecule has 6 heteroatoms. The summed E-state index contributed by atoms with van der Waals surface area (Å²) in [5.41, 5.74) is 1.94. The van der Waals surface area contributed by atoms with Crippen LogP contribution in [0.1, 0.15) is 11.1 Å². The highest BCUT2D eigenvalue weighted by Gasteiger charge is 2.13. The average molecular weight is 355 g/mol. The minimum absolute atomic E-state index is 0.452. The number of ether oxygens (including phenoxy) is 1. The summed E-state index contributed by atoms with van der Waals surface area (Å²) in [6, 6.07) is 15.5. The van der Waals surface area contributed by atoms with Crippen LogP contribution in [-0.4, -0.2) is 34.5 Å². The molecule has 25 heavy (non-hydrogen) atoms. The predicted molar refractivity (Wildman–Crippen MR) is 100 cm³/mol. The van der Waals surface area contributed by atoms with Gasteiger partial charge in [-0.3, -0.25) is 4.57 Å². The SMILES string of the molecule is CN(C)/N=C(\c1ccccc1OCc1ccc(Cl)cc1)n1ccnc1. The number of benzene rings is 2. The highest BCUT2D eigenvalue weighted by atomic mass is 35.5. The van der Waals surface area contributed by atoms with E-state index in [0.717, 1.165) is 22.7 Å². The highest BCUT2D eigenvalue weighted by Crippen LogP contribution is 2.22. The third-order valence-electron chi connectivity index (χ3n) is 3.48. The van der Waals surface area contributed by atoms with Gasteiger partial charge in [0.05, 0.1) is 5.56 Å². The molecule has 5 nitrogen and oxygen atoms in total. The molecule has 3 aromatic rings. The van der Waals surface area contributed by atoms with Crippen LogP contribution in [0.3, 0.4) is 0 Å². The summed E-state index contributed by atoms with van der Waals surface area (Å²) in [6.07, 6.45) is 5.30. The van der Waals surface area contributed by atoms with Crippen LogP contribution < -0.4 is 4.74 Å². The second kappa shape index (κ2) is 7.85. The number of hydrogen-bond donors (Lipinski definition) is 0. The monoisotopic (exact) mass is 354 g/mol. The maximum atomic E-state index is 6.05. The second-order valence-corrected chi connectivity index (χ2v) is 6.09. The number of nitrogens with zero attached hydrogens (tertiary/aromatic N) is 4. The van der Waals surface area contributed by atoms with Crippen molar-refractivity contribution in [1.82, 2.24) is 14.6 Å². The lowest BCUT2D eigenvalue weighted by Crippen LogP contribution is -2.18. The first kappa shape index (κ1) is 17.0. The molecule has 0 amide bonds. The fourth-order valence-electron chi connectivity index (χ4n) is 2.34. The summed E-state index contributed by atoms with van der Waals surface area (Å²) in [5, 5.41) is 7.06. The van der Waals surface area contributed by atoms with Gasteiger partial charge >= 0.3 is 0 Å². The lowest BCUT2D eigenvalue weighted by atomic mass is 10.1. The van der Waals surface area contributed by atoms with Crippen molar-refractivity contribution < 1.29 is 4.74 Å². The molecule has 0 N–H and O–H groups in total. The van der Waals surface area contributed by atoms with Crippen molar-refractivity contribution in [3.8, 4) is 5.75 Å². The van der Waals surface area contributed by atoms with E-state index in [1.54, 1.807) is 17.5 Å². The molecule has 0 saturated heterocycles. The zero-order chi connectivity index (χ0) is 17.6. The largest absolute Gasteiger partial charge is 0.488 e. The first-order valence-corrected chi connectivity index (χ1v) is 8.22. The Bertz CT molecular complexity index is 842. The van der Waals surface area contributed by atoms with Crippen LogP contribution >= 0.6 is 11.6 Å². The van der Waals surface area contributed by atoms with E-state index in [4.69, 9.17) is 16.3 Å². The summed E-state index contributed by atoms with van der Waals surface area (Å²) in [4.78, 5) is 4.12. The molecule has 0 aliphatic carbocycles. The maximum Gasteiger partial charge on any atom is 0.168 e. The van der Waals surface area contributed by atoms with Gasteiger partial charge in [-0.2, -0.15) is 5.10 Å². The molecule has 0 aliphatic rings. The Morgan fingerprint density at radius 3 is 2.60 bits per heavy atom. The van der Waals surface area contributed by atoms with Crippen molar-refractivity contribution in [3.63, 3.8) is 0 Å². The van der Waals surface area contributed by atoms with Gasteiger partial charge in [0.1, 0.15) is 18.7 Å². The number of imidazole rings is 1. The van der Waals surface area contributed by atoms with Gasteiger partial charge in [0.15, 0.2) is 5.84 Å². The fourth-order valence-corrected chi connectivity index (χ4v) is 2.46. The summed E-state index contributed by atoms with van der Waals surface area (Å²) in [5.74, 6) is 1.50. The molecule has 1 aromatic heterocycles. The summed E-state index contributed by atoms with van der Waals surface area (Å²) < 4.78 is 7.91. The van der Waals surface area contributed by atoms with Crippen LogP contribution in [0.2, 0.25) is 5.02 Å². The van der Waals surface area contributed by atoms with Gasteiger partial charge < -0.3 is 9.75 Å². The van der Waals surface area contributed by atoms with Crippen LogP contribution in [0.5, 0.6) is 5.75 Å². The molecule has 0 radical (unpaired) electrons. The van der Waals surface area contributed by atoms with Crippen molar-refractivity contribution >= 4 is 17.4 Å². The molecule has 0 unspecified atom stereocenters. The van der Waals surface area contributed by atoms with Crippen molar-refractivity contribution in [2.75, 3.05) is 14.1 Å². The van der Waals surface area contributed by atoms with Crippen molar-refractivity contribution in [1.29, 1.82) is 0 Å². The third kappa shape index (κ3) is 4.39. The Morgan fingerprint density at radius 2 is 1.92 bits per heavy atom. The zero-order valence-corrected chi connectivity index (χ0v) is 14.9. The zero-order valence-electron chi connectivity index (χ0n) is 14.1. The number of para-hydroxylation sites is 1. The van der Waals surface area contributed by atoms with Gasteiger partial charge in [0.25, 0.3) is 0 Å². The highest BCUT2D eigenvalue weighted by molar-refractivity contribution is 6.30. The van der Waals surface area contributed by atoms with Gasteiger partial charge in [0, 0.05) is 31.5 Å². The maximum absolute atomic E-state index is 6.05. The van der Waals surface area contributed by atoms with Crippen molar-refractivity contribution in [3.05, 3.63) is 83.4 Å².